The molecule has 0 aromatic carbocycles. The molecule has 0 spiro atoms. The normalized spacial score (nSPS) is 19.0. The lowest BCUT2D eigenvalue weighted by Gasteiger charge is -2.38. The molecule has 5 nitrogen and oxygen atoms in total. The highest BCUT2D eigenvalue weighted by Crippen LogP contribution is 2.20. The molecule has 3 N–H and O–H groups in total. The Kier molecular flexibility index (Phi) is 9.42. The van der Waals surface area contributed by atoms with Gasteiger partial charge in [-0.15, -0.1) is 0 Å². The molecule has 1 aliphatic heterocycles. The van der Waals surface area contributed by atoms with Crippen molar-refractivity contribution in [3.05, 3.63) is 0 Å². The van der Waals surface area contributed by atoms with E-state index in [9.17, 15) is 0 Å². The van der Waals surface area contributed by atoms with Crippen LogP contribution in [0.2, 0.25) is 0 Å². The minimum atomic E-state index is 0.482. The topological polar surface area (TPSA) is 62.9 Å². The predicted molar refractivity (Wildman–Crippen MR) is 89.7 cm³/mol. The van der Waals surface area contributed by atoms with Crippen LogP contribution in [0.4, 0.5) is 0 Å². The van der Waals surface area contributed by atoms with Crippen LogP contribution in [0.5, 0.6) is 0 Å². The highest BCUT2D eigenvalue weighted by Gasteiger charge is 2.26. The number of guanidine groups is 1. The van der Waals surface area contributed by atoms with Crippen molar-refractivity contribution in [2.24, 2.45) is 16.6 Å². The average molecular weight is 298 g/mol. The predicted octanol–water partition coefficient (Wildman–Crippen LogP) is 1.83. The van der Waals surface area contributed by atoms with Gasteiger partial charge in [0, 0.05) is 25.7 Å². The van der Waals surface area contributed by atoms with Crippen LogP contribution >= 0.6 is 0 Å². The van der Waals surface area contributed by atoms with Crippen LogP contribution in [-0.2, 0) is 4.74 Å². The fraction of sp³-hybridized carbons (Fsp3) is 0.938. The molecule has 0 bridgehead atoms. The number of ether oxygens (including phenoxy) is 1. The number of morpholine rings is 1. The molecule has 0 aromatic heterocycles. The first-order valence-electron chi connectivity index (χ1n) is 8.58. The molecule has 0 aliphatic carbocycles. The summed E-state index contributed by atoms with van der Waals surface area (Å²) >= 11 is 0. The van der Waals surface area contributed by atoms with Gasteiger partial charge in [-0.25, -0.2) is 0 Å². The van der Waals surface area contributed by atoms with Gasteiger partial charge >= 0.3 is 0 Å². The fourth-order valence-electron chi connectivity index (χ4n) is 2.95. The first kappa shape index (κ1) is 18.2. The lowest BCUT2D eigenvalue weighted by Crippen LogP contribution is -2.49. The number of hydrogen-bond acceptors (Lipinski definition) is 3. The fourth-order valence-corrected chi connectivity index (χ4v) is 2.95. The van der Waals surface area contributed by atoms with E-state index in [-0.39, 0.29) is 0 Å². The Bertz CT molecular complexity index is 286. The summed E-state index contributed by atoms with van der Waals surface area (Å²) in [6.45, 7) is 12.1. The zero-order chi connectivity index (χ0) is 15.5. The van der Waals surface area contributed by atoms with Gasteiger partial charge in [0.1, 0.15) is 0 Å². The summed E-state index contributed by atoms with van der Waals surface area (Å²) < 4.78 is 5.47. The number of nitrogens with zero attached hydrogens (tertiary/aromatic N) is 2. The summed E-state index contributed by atoms with van der Waals surface area (Å²) in [5, 5.41) is 3.20. The molecule has 1 atom stereocenters. The van der Waals surface area contributed by atoms with E-state index in [1.165, 1.54) is 19.3 Å². The molecule has 5 heteroatoms. The van der Waals surface area contributed by atoms with Gasteiger partial charge in [-0.05, 0) is 12.3 Å². The van der Waals surface area contributed by atoms with Gasteiger partial charge in [0.2, 0.25) is 0 Å². The zero-order valence-corrected chi connectivity index (χ0v) is 14.1. The third kappa shape index (κ3) is 6.66. The lowest BCUT2D eigenvalue weighted by molar-refractivity contribution is 0.00396. The SMILES string of the molecule is CCCCNC(N)=NCC(C(CC)CC)N1CCOCC1. The summed E-state index contributed by atoms with van der Waals surface area (Å²) in [5.74, 6) is 1.27. The van der Waals surface area contributed by atoms with Crippen molar-refractivity contribution in [2.75, 3.05) is 39.4 Å². The number of nitrogens with two attached hydrogens (primary N) is 1. The van der Waals surface area contributed by atoms with Crippen molar-refractivity contribution >= 4 is 5.96 Å². The summed E-state index contributed by atoms with van der Waals surface area (Å²) in [6, 6.07) is 0.482. The molecule has 0 aromatic rings. The molecular formula is C16H34N4O. The highest BCUT2D eigenvalue weighted by atomic mass is 16.5. The second kappa shape index (κ2) is 10.9. The van der Waals surface area contributed by atoms with Crippen molar-refractivity contribution in [1.29, 1.82) is 0 Å². The van der Waals surface area contributed by atoms with Crippen LogP contribution < -0.4 is 11.1 Å². The number of rotatable bonds is 9. The minimum absolute atomic E-state index is 0.482. The Balaban J connectivity index is 2.56. The lowest BCUT2D eigenvalue weighted by atomic mass is 9.92. The first-order chi connectivity index (χ1) is 10.2. The van der Waals surface area contributed by atoms with Gasteiger partial charge in [0.25, 0.3) is 0 Å². The van der Waals surface area contributed by atoms with Crippen LogP contribution in [0.3, 0.4) is 0 Å². The number of hydrogen-bond donors (Lipinski definition) is 2. The Hall–Kier alpha value is -0.810. The molecule has 124 valence electrons. The standard InChI is InChI=1S/C16H34N4O/c1-4-7-8-18-16(17)19-13-15(14(5-2)6-3)20-9-11-21-12-10-20/h14-15H,4-13H2,1-3H3,(H3,17,18,19). The van der Waals surface area contributed by atoms with Gasteiger partial charge < -0.3 is 15.8 Å². The van der Waals surface area contributed by atoms with E-state index in [2.05, 4.69) is 36.0 Å². The Morgan fingerprint density at radius 2 is 1.90 bits per heavy atom. The first-order valence-corrected chi connectivity index (χ1v) is 8.58. The highest BCUT2D eigenvalue weighted by molar-refractivity contribution is 5.77. The smallest absolute Gasteiger partial charge is 0.188 e. The molecule has 1 rings (SSSR count). The number of unbranched alkanes of at least 4 members (excludes halogenated alkanes) is 1. The molecule has 1 heterocycles. The summed E-state index contributed by atoms with van der Waals surface area (Å²) in [6.07, 6.45) is 4.69. The van der Waals surface area contributed by atoms with E-state index in [1.54, 1.807) is 0 Å². The van der Waals surface area contributed by atoms with Gasteiger partial charge in [-0.3, -0.25) is 9.89 Å². The van der Waals surface area contributed by atoms with Crippen molar-refractivity contribution in [1.82, 2.24) is 10.2 Å². The molecule has 0 amide bonds. The molecular weight excluding hydrogens is 264 g/mol. The van der Waals surface area contributed by atoms with E-state index in [0.29, 0.717) is 17.9 Å². The van der Waals surface area contributed by atoms with Gasteiger partial charge in [-0.1, -0.05) is 40.0 Å². The van der Waals surface area contributed by atoms with Crippen LogP contribution in [0.15, 0.2) is 4.99 Å². The van der Waals surface area contributed by atoms with Crippen LogP contribution in [-0.4, -0.2) is 56.3 Å². The maximum Gasteiger partial charge on any atom is 0.188 e. The van der Waals surface area contributed by atoms with E-state index in [1.807, 2.05) is 0 Å². The van der Waals surface area contributed by atoms with Crippen LogP contribution in [0, 0.1) is 5.92 Å². The molecule has 1 aliphatic rings. The monoisotopic (exact) mass is 298 g/mol. The maximum absolute atomic E-state index is 5.97. The Labute approximate surface area is 130 Å². The molecule has 1 fully saturated rings. The second-order valence-electron chi connectivity index (χ2n) is 5.80. The molecule has 1 unspecified atom stereocenters. The molecule has 1 saturated heterocycles. The average Bonchev–Trinajstić information content (AvgIpc) is 2.52. The van der Waals surface area contributed by atoms with Crippen molar-refractivity contribution in [2.45, 2.75) is 52.5 Å². The second-order valence-corrected chi connectivity index (χ2v) is 5.80. The molecule has 0 radical (unpaired) electrons. The van der Waals surface area contributed by atoms with Crippen LogP contribution in [0.1, 0.15) is 46.5 Å². The number of aliphatic imine (C=N–C) groups is 1. The van der Waals surface area contributed by atoms with Gasteiger partial charge in [0.15, 0.2) is 5.96 Å². The quantitative estimate of drug-likeness (QED) is 0.387. The largest absolute Gasteiger partial charge is 0.379 e. The zero-order valence-electron chi connectivity index (χ0n) is 14.1. The Morgan fingerprint density at radius 1 is 1.24 bits per heavy atom. The van der Waals surface area contributed by atoms with Crippen molar-refractivity contribution in [3.8, 4) is 0 Å². The number of nitrogens with one attached hydrogen (secondary N) is 1. The molecule has 21 heavy (non-hydrogen) atoms. The summed E-state index contributed by atoms with van der Waals surface area (Å²) in [4.78, 5) is 7.12. The van der Waals surface area contributed by atoms with E-state index in [0.717, 1.165) is 45.8 Å². The summed E-state index contributed by atoms with van der Waals surface area (Å²) in [5.41, 5.74) is 5.97. The maximum atomic E-state index is 5.97. The van der Waals surface area contributed by atoms with E-state index in [4.69, 9.17) is 10.5 Å². The van der Waals surface area contributed by atoms with Crippen molar-refractivity contribution in [3.63, 3.8) is 0 Å². The summed E-state index contributed by atoms with van der Waals surface area (Å²) in [7, 11) is 0. The van der Waals surface area contributed by atoms with E-state index < -0.39 is 0 Å². The van der Waals surface area contributed by atoms with Gasteiger partial charge in [0.05, 0.1) is 19.8 Å². The third-order valence-electron chi connectivity index (χ3n) is 4.39. The van der Waals surface area contributed by atoms with Gasteiger partial charge in [-0.2, -0.15) is 0 Å². The van der Waals surface area contributed by atoms with Crippen LogP contribution in [0.25, 0.3) is 0 Å². The minimum Gasteiger partial charge on any atom is -0.379 e. The van der Waals surface area contributed by atoms with Crippen molar-refractivity contribution < 1.29 is 4.74 Å². The third-order valence-corrected chi connectivity index (χ3v) is 4.39. The van der Waals surface area contributed by atoms with E-state index >= 15 is 0 Å². The Morgan fingerprint density at radius 3 is 2.48 bits per heavy atom. The molecule has 0 saturated carbocycles.